The van der Waals surface area contributed by atoms with Gasteiger partial charge >= 0.3 is 0 Å². The van der Waals surface area contributed by atoms with Crippen molar-refractivity contribution in [2.75, 3.05) is 18.6 Å². The zero-order valence-corrected chi connectivity index (χ0v) is 16.8. The van der Waals surface area contributed by atoms with Crippen LogP contribution in [0.25, 0.3) is 0 Å². The number of anilines is 1. The minimum atomic E-state index is -1.62. The van der Waals surface area contributed by atoms with Crippen LogP contribution in [-0.2, 0) is 5.54 Å². The molecular formula is C20H16F3N5O2S. The normalized spacial score (nSPS) is 23.9. The molecule has 1 fully saturated rings. The van der Waals surface area contributed by atoms with E-state index >= 15 is 0 Å². The standard InChI is InChI=1S/C20H16F3N5O2S/c1-2-3-30-16-8-25-14(7-26-16)18(29)27-10-4-12(17(23)13(22)5-10)20(9-21)11-6-15(11)31-19(24)28-20/h1,4-5,7-8,11,15H,3,6,9H2,(H2,24,28)(H,27,29)/t11?,15?,20-/m0/s1. The van der Waals surface area contributed by atoms with Crippen molar-refractivity contribution in [1.29, 1.82) is 0 Å². The molecular weight excluding hydrogens is 431 g/mol. The number of benzene rings is 1. The van der Waals surface area contributed by atoms with E-state index in [9.17, 15) is 18.0 Å². The average Bonchev–Trinajstić information content (AvgIpc) is 3.54. The molecule has 0 saturated heterocycles. The van der Waals surface area contributed by atoms with Gasteiger partial charge in [-0.25, -0.2) is 28.1 Å². The molecule has 2 unspecified atom stereocenters. The number of carbonyl (C=O) groups is 1. The highest BCUT2D eigenvalue weighted by Gasteiger charge is 2.58. The summed E-state index contributed by atoms with van der Waals surface area (Å²) >= 11 is 1.29. The van der Waals surface area contributed by atoms with Gasteiger partial charge in [-0.1, -0.05) is 17.7 Å². The number of amidine groups is 1. The van der Waals surface area contributed by atoms with Crippen LogP contribution >= 0.6 is 11.8 Å². The number of carbonyl (C=O) groups excluding carboxylic acids is 1. The smallest absolute Gasteiger partial charge is 0.275 e. The summed E-state index contributed by atoms with van der Waals surface area (Å²) in [6.45, 7) is -1.06. The first-order valence-electron chi connectivity index (χ1n) is 9.15. The maximum Gasteiger partial charge on any atom is 0.275 e. The molecule has 0 radical (unpaired) electrons. The lowest BCUT2D eigenvalue weighted by Gasteiger charge is -2.31. The van der Waals surface area contributed by atoms with E-state index in [1.165, 1.54) is 24.0 Å². The predicted molar refractivity (Wildman–Crippen MR) is 109 cm³/mol. The lowest BCUT2D eigenvalue weighted by molar-refractivity contribution is 0.102. The quantitative estimate of drug-likeness (QED) is 0.660. The molecule has 1 aliphatic carbocycles. The fraction of sp³-hybridized carbons (Fsp3) is 0.300. The fourth-order valence-corrected chi connectivity index (χ4v) is 4.74. The molecule has 2 aromatic rings. The number of aromatic nitrogens is 2. The van der Waals surface area contributed by atoms with Crippen molar-refractivity contribution in [3.05, 3.63) is 47.4 Å². The number of alkyl halides is 1. The second-order valence-corrected chi connectivity index (χ2v) is 8.27. The first-order chi connectivity index (χ1) is 14.9. The van der Waals surface area contributed by atoms with Gasteiger partial charge in [0.05, 0.1) is 12.4 Å². The second kappa shape index (κ2) is 8.11. The summed E-state index contributed by atoms with van der Waals surface area (Å²) in [5.41, 5.74) is 3.70. The van der Waals surface area contributed by atoms with E-state index in [0.29, 0.717) is 6.42 Å². The molecule has 2 aliphatic rings. The zero-order valence-electron chi connectivity index (χ0n) is 15.9. The number of aliphatic imine (C=N–C) groups is 1. The molecule has 31 heavy (non-hydrogen) atoms. The largest absolute Gasteiger partial charge is 0.463 e. The molecule has 1 saturated carbocycles. The molecule has 160 valence electrons. The van der Waals surface area contributed by atoms with Gasteiger partial charge in [-0.05, 0) is 12.5 Å². The molecule has 3 N–H and O–H groups in total. The van der Waals surface area contributed by atoms with Gasteiger partial charge in [0.2, 0.25) is 5.88 Å². The molecule has 1 aromatic heterocycles. The predicted octanol–water partition coefficient (Wildman–Crippen LogP) is 2.63. The molecule has 1 amide bonds. The highest BCUT2D eigenvalue weighted by atomic mass is 32.2. The Morgan fingerprint density at radius 3 is 2.87 bits per heavy atom. The number of nitrogens with zero attached hydrogens (tertiary/aromatic N) is 3. The molecule has 11 heteroatoms. The Balaban J connectivity index is 1.62. The number of halogens is 3. The van der Waals surface area contributed by atoms with E-state index < -0.39 is 29.8 Å². The van der Waals surface area contributed by atoms with Crippen LogP contribution in [0.4, 0.5) is 18.9 Å². The minimum absolute atomic E-state index is 0.000521. The van der Waals surface area contributed by atoms with Gasteiger partial charge in [0.25, 0.3) is 5.91 Å². The third kappa shape index (κ3) is 3.90. The molecule has 2 heterocycles. The Morgan fingerprint density at radius 2 is 2.19 bits per heavy atom. The summed E-state index contributed by atoms with van der Waals surface area (Å²) in [7, 11) is 0. The zero-order chi connectivity index (χ0) is 22.2. The third-order valence-electron chi connectivity index (χ3n) is 5.05. The van der Waals surface area contributed by atoms with Gasteiger partial charge in [0.15, 0.2) is 23.4 Å². The minimum Gasteiger partial charge on any atom is -0.463 e. The van der Waals surface area contributed by atoms with Gasteiger partial charge < -0.3 is 15.8 Å². The fourth-order valence-electron chi connectivity index (χ4n) is 3.52. The Labute approximate surface area is 179 Å². The van der Waals surface area contributed by atoms with Crippen molar-refractivity contribution in [1.82, 2.24) is 9.97 Å². The third-order valence-corrected chi connectivity index (χ3v) is 6.20. The van der Waals surface area contributed by atoms with Crippen LogP contribution in [0.3, 0.4) is 0 Å². The number of rotatable bonds is 6. The van der Waals surface area contributed by atoms with Crippen molar-refractivity contribution in [2.45, 2.75) is 17.2 Å². The number of ether oxygens (including phenoxy) is 1. The average molecular weight is 447 g/mol. The maximum absolute atomic E-state index is 14.7. The Bertz CT molecular complexity index is 1110. The van der Waals surface area contributed by atoms with E-state index in [0.717, 1.165) is 12.3 Å². The van der Waals surface area contributed by atoms with Crippen LogP contribution in [0.1, 0.15) is 22.5 Å². The summed E-state index contributed by atoms with van der Waals surface area (Å²) < 4.78 is 48.3. The Morgan fingerprint density at radius 1 is 1.39 bits per heavy atom. The van der Waals surface area contributed by atoms with Gasteiger partial charge in [-0.15, -0.1) is 6.42 Å². The first-order valence-corrected chi connectivity index (χ1v) is 10.0. The molecule has 7 nitrogen and oxygen atoms in total. The van der Waals surface area contributed by atoms with E-state index in [2.05, 4.69) is 26.2 Å². The Hall–Kier alpha value is -3.26. The summed E-state index contributed by atoms with van der Waals surface area (Å²) in [6.07, 6.45) is 8.01. The molecule has 0 spiro atoms. The summed E-state index contributed by atoms with van der Waals surface area (Å²) in [5.74, 6) is -1.11. The molecule has 1 aliphatic heterocycles. The topological polar surface area (TPSA) is 102 Å². The number of hydrogen-bond acceptors (Lipinski definition) is 7. The lowest BCUT2D eigenvalue weighted by atomic mass is 9.85. The molecule has 1 aromatic carbocycles. The van der Waals surface area contributed by atoms with E-state index in [1.807, 2.05) is 0 Å². The summed E-state index contributed by atoms with van der Waals surface area (Å²) in [6, 6.07) is 1.98. The van der Waals surface area contributed by atoms with Crippen molar-refractivity contribution in [3.63, 3.8) is 0 Å². The number of nitrogens with two attached hydrogens (primary N) is 1. The van der Waals surface area contributed by atoms with Crippen LogP contribution < -0.4 is 15.8 Å². The number of hydrogen-bond donors (Lipinski definition) is 2. The maximum atomic E-state index is 14.7. The number of terminal acetylenes is 1. The van der Waals surface area contributed by atoms with Gasteiger partial charge in [-0.2, -0.15) is 0 Å². The van der Waals surface area contributed by atoms with E-state index in [4.69, 9.17) is 16.9 Å². The Kier molecular flexibility index (Phi) is 5.49. The SMILES string of the molecule is C#CCOc1cnc(C(=O)Nc2cc(F)c(F)c([C@@]3(CF)N=C(N)SC4CC43)c2)cn1. The lowest BCUT2D eigenvalue weighted by Crippen LogP contribution is -2.37. The van der Waals surface area contributed by atoms with Crippen LogP contribution in [0.5, 0.6) is 5.88 Å². The van der Waals surface area contributed by atoms with E-state index in [1.54, 1.807) is 0 Å². The van der Waals surface area contributed by atoms with Crippen LogP contribution in [0.2, 0.25) is 0 Å². The monoisotopic (exact) mass is 447 g/mol. The highest BCUT2D eigenvalue weighted by Crippen LogP contribution is 2.58. The van der Waals surface area contributed by atoms with Crippen LogP contribution in [-0.4, -0.2) is 39.6 Å². The van der Waals surface area contributed by atoms with Gasteiger partial charge in [0, 0.05) is 28.5 Å². The molecule has 4 rings (SSSR count). The van der Waals surface area contributed by atoms with E-state index in [-0.39, 0.29) is 45.8 Å². The van der Waals surface area contributed by atoms with Gasteiger partial charge in [0.1, 0.15) is 17.9 Å². The number of fused-ring (bicyclic) bond motifs is 1. The van der Waals surface area contributed by atoms with Crippen molar-refractivity contribution >= 4 is 28.5 Å². The van der Waals surface area contributed by atoms with Crippen molar-refractivity contribution in [2.24, 2.45) is 16.6 Å². The number of thioether (sulfide) groups is 1. The van der Waals surface area contributed by atoms with Crippen LogP contribution in [0, 0.1) is 29.9 Å². The molecule has 0 bridgehead atoms. The highest BCUT2D eigenvalue weighted by molar-refractivity contribution is 8.14. The first kappa shape index (κ1) is 21.0. The van der Waals surface area contributed by atoms with Crippen LogP contribution in [0.15, 0.2) is 29.5 Å². The van der Waals surface area contributed by atoms with Gasteiger partial charge in [-0.3, -0.25) is 4.79 Å². The second-order valence-electron chi connectivity index (χ2n) is 7.01. The number of nitrogens with one attached hydrogen (secondary N) is 1. The summed E-state index contributed by atoms with van der Waals surface area (Å²) in [4.78, 5) is 24.4. The molecule has 3 atom stereocenters. The summed E-state index contributed by atoms with van der Waals surface area (Å²) in [5, 5.41) is 2.54. The van der Waals surface area contributed by atoms with Crippen molar-refractivity contribution in [3.8, 4) is 18.2 Å². The number of amides is 1. The van der Waals surface area contributed by atoms with Crippen molar-refractivity contribution < 1.29 is 22.7 Å².